The first kappa shape index (κ1) is 18.4. The fraction of sp³-hybridized carbons (Fsp3) is 0.900. The van der Waals surface area contributed by atoms with E-state index >= 15 is 0 Å². The number of hydrogen-bond donors (Lipinski definition) is 1. The van der Waals surface area contributed by atoms with Crippen molar-refractivity contribution in [3.8, 4) is 0 Å². The third-order valence-electron chi connectivity index (χ3n) is 8.07. The van der Waals surface area contributed by atoms with Crippen molar-refractivity contribution in [3.63, 3.8) is 0 Å². The second kappa shape index (κ2) is 6.39. The SMILES string of the molecule is COC1(OC)CCC2=C(CC[C@@H]3[C@@H]2CC[C@]2(C)C(O)CC[C@@H]32)C1.O. The summed E-state index contributed by atoms with van der Waals surface area (Å²) in [5.41, 5.74) is 3.56. The summed E-state index contributed by atoms with van der Waals surface area (Å²) in [5, 5.41) is 10.5. The van der Waals surface area contributed by atoms with E-state index < -0.39 is 0 Å². The number of rotatable bonds is 2. The molecule has 0 heterocycles. The normalized spacial score (nSPS) is 43.5. The topological polar surface area (TPSA) is 70.2 Å². The van der Waals surface area contributed by atoms with Crippen molar-refractivity contribution in [2.24, 2.45) is 23.2 Å². The van der Waals surface area contributed by atoms with Crippen molar-refractivity contribution in [3.05, 3.63) is 11.1 Å². The van der Waals surface area contributed by atoms with Gasteiger partial charge in [0.1, 0.15) is 0 Å². The molecule has 4 heteroatoms. The van der Waals surface area contributed by atoms with E-state index in [9.17, 15) is 5.11 Å². The lowest BCUT2D eigenvalue weighted by atomic mass is 9.54. The predicted molar refractivity (Wildman–Crippen MR) is 93.5 cm³/mol. The molecule has 0 aliphatic heterocycles. The second-order valence-corrected chi connectivity index (χ2v) is 8.68. The van der Waals surface area contributed by atoms with Gasteiger partial charge in [0.05, 0.1) is 6.10 Å². The maximum absolute atomic E-state index is 10.5. The zero-order valence-corrected chi connectivity index (χ0v) is 15.4. The fourth-order valence-corrected chi connectivity index (χ4v) is 6.59. The van der Waals surface area contributed by atoms with E-state index in [2.05, 4.69) is 6.92 Å². The molecule has 0 spiro atoms. The Balaban J connectivity index is 0.00000169. The van der Waals surface area contributed by atoms with Crippen LogP contribution in [0.3, 0.4) is 0 Å². The van der Waals surface area contributed by atoms with Crippen LogP contribution in [0.4, 0.5) is 0 Å². The van der Waals surface area contributed by atoms with Crippen LogP contribution >= 0.6 is 0 Å². The highest BCUT2D eigenvalue weighted by molar-refractivity contribution is 5.28. The molecule has 0 aromatic carbocycles. The highest BCUT2D eigenvalue weighted by Crippen LogP contribution is 2.61. The van der Waals surface area contributed by atoms with Gasteiger partial charge in [-0.3, -0.25) is 0 Å². The zero-order valence-electron chi connectivity index (χ0n) is 15.4. The van der Waals surface area contributed by atoms with Gasteiger partial charge < -0.3 is 20.1 Å². The molecule has 0 saturated heterocycles. The summed E-state index contributed by atoms with van der Waals surface area (Å²) in [5.74, 6) is 1.94. The third-order valence-corrected chi connectivity index (χ3v) is 8.07. The van der Waals surface area contributed by atoms with E-state index in [0.717, 1.165) is 43.4 Å². The Morgan fingerprint density at radius 2 is 1.75 bits per heavy atom. The minimum atomic E-state index is -0.377. The van der Waals surface area contributed by atoms with E-state index in [1.54, 1.807) is 25.4 Å². The average Bonchev–Trinajstić information content (AvgIpc) is 2.89. The first-order valence-corrected chi connectivity index (χ1v) is 9.52. The van der Waals surface area contributed by atoms with Crippen molar-refractivity contribution < 1.29 is 20.1 Å². The van der Waals surface area contributed by atoms with Gasteiger partial charge in [0.25, 0.3) is 0 Å². The summed E-state index contributed by atoms with van der Waals surface area (Å²) in [6.45, 7) is 2.36. The molecule has 1 unspecified atom stereocenters. The average molecular weight is 338 g/mol. The Labute approximate surface area is 145 Å². The molecule has 2 fully saturated rings. The molecule has 4 aliphatic rings. The van der Waals surface area contributed by atoms with Crippen LogP contribution in [0.25, 0.3) is 0 Å². The van der Waals surface area contributed by atoms with Gasteiger partial charge in [-0.25, -0.2) is 0 Å². The van der Waals surface area contributed by atoms with Crippen molar-refractivity contribution in [2.45, 2.75) is 76.6 Å². The quantitative estimate of drug-likeness (QED) is 0.621. The van der Waals surface area contributed by atoms with Gasteiger partial charge in [-0.05, 0) is 68.1 Å². The van der Waals surface area contributed by atoms with Crippen molar-refractivity contribution in [1.82, 2.24) is 0 Å². The molecule has 0 bridgehead atoms. The molecule has 2 saturated carbocycles. The molecule has 4 nitrogen and oxygen atoms in total. The Bertz CT molecular complexity index is 510. The minimum absolute atomic E-state index is 0. The van der Waals surface area contributed by atoms with Crippen LogP contribution in [0, 0.1) is 23.2 Å². The number of hydrogen-bond acceptors (Lipinski definition) is 3. The van der Waals surface area contributed by atoms with Crippen LogP contribution in [-0.2, 0) is 9.47 Å². The summed E-state index contributed by atoms with van der Waals surface area (Å²) in [7, 11) is 3.57. The molecule has 0 radical (unpaired) electrons. The number of ether oxygens (including phenoxy) is 2. The Kier molecular flexibility index (Phi) is 4.89. The summed E-state index contributed by atoms with van der Waals surface area (Å²) in [6.07, 6.45) is 10.3. The van der Waals surface area contributed by atoms with Gasteiger partial charge in [-0.15, -0.1) is 0 Å². The van der Waals surface area contributed by atoms with Crippen molar-refractivity contribution in [2.75, 3.05) is 14.2 Å². The molecule has 0 aromatic rings. The standard InChI is InChI=1S/C20H32O3.H2O/c1-19-10-8-15-14-9-11-20(22-2,23-3)12-13(14)4-5-16(15)17(19)6-7-18(19)21;/h15-18,21H,4-12H2,1-3H3;1H2/t15-,16-,17+,18?,19+;/m1./s1. The van der Waals surface area contributed by atoms with Crippen LogP contribution < -0.4 is 0 Å². The van der Waals surface area contributed by atoms with Crippen LogP contribution in [-0.4, -0.2) is 36.7 Å². The van der Waals surface area contributed by atoms with E-state index in [1.165, 1.54) is 32.1 Å². The van der Waals surface area contributed by atoms with Gasteiger partial charge >= 0.3 is 0 Å². The number of fused-ring (bicyclic) bond motifs is 4. The highest BCUT2D eigenvalue weighted by atomic mass is 16.7. The van der Waals surface area contributed by atoms with Gasteiger partial charge in [-0.2, -0.15) is 0 Å². The maximum atomic E-state index is 10.5. The molecule has 24 heavy (non-hydrogen) atoms. The molecule has 138 valence electrons. The van der Waals surface area contributed by atoms with Gasteiger partial charge in [0, 0.05) is 27.1 Å². The van der Waals surface area contributed by atoms with E-state index in [-0.39, 0.29) is 22.8 Å². The van der Waals surface area contributed by atoms with Crippen LogP contribution in [0.5, 0.6) is 0 Å². The number of aliphatic hydroxyl groups is 1. The summed E-state index contributed by atoms with van der Waals surface area (Å²) < 4.78 is 11.4. The van der Waals surface area contributed by atoms with E-state index in [4.69, 9.17) is 9.47 Å². The molecule has 4 aliphatic carbocycles. The maximum Gasteiger partial charge on any atom is 0.171 e. The molecule has 4 rings (SSSR count). The molecular weight excluding hydrogens is 304 g/mol. The lowest BCUT2D eigenvalue weighted by Gasteiger charge is -2.52. The third kappa shape index (κ3) is 2.49. The lowest BCUT2D eigenvalue weighted by Crippen LogP contribution is -2.46. The number of allylic oxidation sites excluding steroid dienone is 1. The second-order valence-electron chi connectivity index (χ2n) is 8.68. The summed E-state index contributed by atoms with van der Waals surface area (Å²) in [6, 6.07) is 0. The van der Waals surface area contributed by atoms with Crippen molar-refractivity contribution in [1.29, 1.82) is 0 Å². The van der Waals surface area contributed by atoms with E-state index in [1.807, 2.05) is 0 Å². The summed E-state index contributed by atoms with van der Waals surface area (Å²) in [4.78, 5) is 0. The van der Waals surface area contributed by atoms with E-state index in [0.29, 0.717) is 0 Å². The highest BCUT2D eigenvalue weighted by Gasteiger charge is 2.55. The van der Waals surface area contributed by atoms with Crippen molar-refractivity contribution >= 4 is 0 Å². The Morgan fingerprint density at radius 3 is 2.46 bits per heavy atom. The van der Waals surface area contributed by atoms with Crippen LogP contribution in [0.1, 0.15) is 64.7 Å². The molecule has 5 atom stereocenters. The Hall–Kier alpha value is -0.420. The van der Waals surface area contributed by atoms with Gasteiger partial charge in [0.15, 0.2) is 5.79 Å². The lowest BCUT2D eigenvalue weighted by molar-refractivity contribution is -0.213. The first-order chi connectivity index (χ1) is 11.0. The fourth-order valence-electron chi connectivity index (χ4n) is 6.59. The largest absolute Gasteiger partial charge is 0.412 e. The summed E-state index contributed by atoms with van der Waals surface area (Å²) >= 11 is 0. The number of aliphatic hydroxyl groups excluding tert-OH is 1. The van der Waals surface area contributed by atoms with Crippen LogP contribution in [0.2, 0.25) is 0 Å². The van der Waals surface area contributed by atoms with Gasteiger partial charge in [0.2, 0.25) is 0 Å². The first-order valence-electron chi connectivity index (χ1n) is 9.52. The number of methoxy groups -OCH3 is 2. The predicted octanol–water partition coefficient (Wildman–Crippen LogP) is 3.23. The minimum Gasteiger partial charge on any atom is -0.412 e. The zero-order chi connectivity index (χ0) is 16.2. The van der Waals surface area contributed by atoms with Crippen LogP contribution in [0.15, 0.2) is 11.1 Å². The van der Waals surface area contributed by atoms with Gasteiger partial charge in [-0.1, -0.05) is 18.1 Å². The molecule has 0 amide bonds. The molecule has 3 N–H and O–H groups in total. The molecule has 0 aromatic heterocycles. The smallest absolute Gasteiger partial charge is 0.171 e. The molecular formula is C20H34O4. The monoisotopic (exact) mass is 338 g/mol. The Morgan fingerprint density at radius 1 is 1.00 bits per heavy atom.